The van der Waals surface area contributed by atoms with Crippen LogP contribution in [-0.2, 0) is 9.59 Å². The second-order valence-electron chi connectivity index (χ2n) is 5.36. The summed E-state index contributed by atoms with van der Waals surface area (Å²) < 4.78 is 6.25. The van der Waals surface area contributed by atoms with Gasteiger partial charge in [-0.2, -0.15) is 0 Å². The molecule has 26 heavy (non-hydrogen) atoms. The molecule has 0 spiro atoms. The Morgan fingerprint density at radius 1 is 1.27 bits per heavy atom. The van der Waals surface area contributed by atoms with Crippen molar-refractivity contribution < 1.29 is 14.3 Å². The number of hydrogen-bond acceptors (Lipinski definition) is 4. The summed E-state index contributed by atoms with van der Waals surface area (Å²) >= 11 is 10.9. The van der Waals surface area contributed by atoms with Gasteiger partial charge in [-0.15, -0.1) is 11.8 Å². The maximum absolute atomic E-state index is 12.2. The van der Waals surface area contributed by atoms with Crippen molar-refractivity contribution in [2.75, 3.05) is 31.8 Å². The Labute approximate surface area is 170 Å². The standard InChI is InChI=1S/C18H18BrClN2O3S/c1-22(10-17(23)21-14-5-3-4-6-16(14)26-2)18(24)11-25-15-8-7-12(19)9-13(15)20/h3-9H,10-11H2,1-2H3,(H,21,23). The molecule has 0 aliphatic carbocycles. The Morgan fingerprint density at radius 2 is 2.00 bits per heavy atom. The van der Waals surface area contributed by atoms with Crippen LogP contribution in [-0.4, -0.2) is 43.2 Å². The Morgan fingerprint density at radius 3 is 2.69 bits per heavy atom. The summed E-state index contributed by atoms with van der Waals surface area (Å²) in [6, 6.07) is 12.6. The monoisotopic (exact) mass is 456 g/mol. The van der Waals surface area contributed by atoms with Gasteiger partial charge in [0, 0.05) is 16.4 Å². The van der Waals surface area contributed by atoms with Gasteiger partial charge >= 0.3 is 0 Å². The summed E-state index contributed by atoms with van der Waals surface area (Å²) in [6.45, 7) is -0.272. The van der Waals surface area contributed by atoms with E-state index in [4.69, 9.17) is 16.3 Å². The Kier molecular flexibility index (Phi) is 7.81. The van der Waals surface area contributed by atoms with Crippen molar-refractivity contribution >= 4 is 56.8 Å². The average Bonchev–Trinajstić information content (AvgIpc) is 2.61. The first-order chi connectivity index (χ1) is 12.4. The summed E-state index contributed by atoms with van der Waals surface area (Å²) in [7, 11) is 1.55. The normalized spacial score (nSPS) is 10.3. The number of rotatable bonds is 7. The molecule has 2 amide bonds. The van der Waals surface area contributed by atoms with Crippen LogP contribution in [0, 0.1) is 0 Å². The highest BCUT2D eigenvalue weighted by Crippen LogP contribution is 2.27. The van der Waals surface area contributed by atoms with Gasteiger partial charge in [-0.3, -0.25) is 9.59 Å². The highest BCUT2D eigenvalue weighted by Gasteiger charge is 2.15. The number of carbonyl (C=O) groups is 2. The van der Waals surface area contributed by atoms with Crippen LogP contribution in [0.15, 0.2) is 51.8 Å². The second-order valence-corrected chi connectivity index (χ2v) is 7.53. The number of ether oxygens (including phenoxy) is 1. The largest absolute Gasteiger partial charge is 0.482 e. The average molecular weight is 458 g/mol. The maximum Gasteiger partial charge on any atom is 0.260 e. The summed E-state index contributed by atoms with van der Waals surface area (Å²) in [5, 5.41) is 3.22. The molecule has 0 bridgehead atoms. The SMILES string of the molecule is CSc1ccccc1NC(=O)CN(C)C(=O)COc1ccc(Br)cc1Cl. The lowest BCUT2D eigenvalue weighted by Crippen LogP contribution is -2.37. The Balaban J connectivity index is 1.87. The van der Waals surface area contributed by atoms with Gasteiger partial charge in [0.25, 0.3) is 5.91 Å². The minimum absolute atomic E-state index is 0.0705. The fourth-order valence-electron chi connectivity index (χ4n) is 2.08. The predicted molar refractivity (Wildman–Crippen MR) is 109 cm³/mol. The molecule has 5 nitrogen and oxygen atoms in total. The van der Waals surface area contributed by atoms with Crippen LogP contribution in [0.5, 0.6) is 5.75 Å². The minimum atomic E-state index is -0.322. The molecule has 2 rings (SSSR count). The van der Waals surface area contributed by atoms with Gasteiger partial charge in [0.1, 0.15) is 5.75 Å². The number of anilines is 1. The van der Waals surface area contributed by atoms with Crippen molar-refractivity contribution in [1.29, 1.82) is 0 Å². The minimum Gasteiger partial charge on any atom is -0.482 e. The molecule has 0 radical (unpaired) electrons. The number of para-hydroxylation sites is 1. The van der Waals surface area contributed by atoms with Gasteiger partial charge < -0.3 is 15.0 Å². The third-order valence-electron chi connectivity index (χ3n) is 3.43. The molecule has 1 N–H and O–H groups in total. The number of hydrogen-bond donors (Lipinski definition) is 1. The second kappa shape index (κ2) is 9.85. The van der Waals surface area contributed by atoms with Gasteiger partial charge in [-0.25, -0.2) is 0 Å². The molecule has 0 atom stereocenters. The third-order valence-corrected chi connectivity index (χ3v) is 5.02. The van der Waals surface area contributed by atoms with E-state index in [2.05, 4.69) is 21.2 Å². The van der Waals surface area contributed by atoms with E-state index < -0.39 is 0 Å². The Hall–Kier alpha value is -1.70. The molecule has 0 saturated carbocycles. The molecule has 2 aromatic rings. The van der Waals surface area contributed by atoms with Crippen molar-refractivity contribution in [2.45, 2.75) is 4.90 Å². The first-order valence-corrected chi connectivity index (χ1v) is 10.0. The Bertz CT molecular complexity index is 804. The molecule has 2 aromatic carbocycles. The van der Waals surface area contributed by atoms with Crippen LogP contribution in [0.2, 0.25) is 5.02 Å². The topological polar surface area (TPSA) is 58.6 Å². The molecule has 0 aliphatic rings. The van der Waals surface area contributed by atoms with Crippen LogP contribution < -0.4 is 10.1 Å². The molecule has 0 aliphatic heterocycles. The first kappa shape index (κ1) is 20.6. The number of likely N-dealkylation sites (N-methyl/N-ethyl adjacent to an activating group) is 1. The van der Waals surface area contributed by atoms with Crippen molar-refractivity contribution in [3.63, 3.8) is 0 Å². The highest BCUT2D eigenvalue weighted by atomic mass is 79.9. The third kappa shape index (κ3) is 5.93. The van der Waals surface area contributed by atoms with E-state index in [0.29, 0.717) is 10.8 Å². The van der Waals surface area contributed by atoms with E-state index in [1.165, 1.54) is 16.7 Å². The molecule has 0 aromatic heterocycles. The zero-order valence-corrected chi connectivity index (χ0v) is 17.5. The number of nitrogens with zero attached hydrogens (tertiary/aromatic N) is 1. The van der Waals surface area contributed by atoms with Crippen LogP contribution in [0.4, 0.5) is 5.69 Å². The number of carbonyl (C=O) groups excluding carboxylic acids is 2. The first-order valence-electron chi connectivity index (χ1n) is 7.65. The smallest absolute Gasteiger partial charge is 0.260 e. The molecule has 0 fully saturated rings. The van der Waals surface area contributed by atoms with Crippen molar-refractivity contribution in [3.05, 3.63) is 52.0 Å². The fraction of sp³-hybridized carbons (Fsp3) is 0.222. The van der Waals surface area contributed by atoms with Gasteiger partial charge in [0.05, 0.1) is 17.3 Å². The lowest BCUT2D eigenvalue weighted by Gasteiger charge is -2.18. The summed E-state index contributed by atoms with van der Waals surface area (Å²) in [5.74, 6) is -0.184. The van der Waals surface area contributed by atoms with E-state index in [9.17, 15) is 9.59 Å². The van der Waals surface area contributed by atoms with Crippen LogP contribution in [0.1, 0.15) is 0 Å². The lowest BCUT2D eigenvalue weighted by molar-refractivity contribution is -0.135. The number of nitrogens with one attached hydrogen (secondary N) is 1. The molecular formula is C18H18BrClN2O3S. The molecule has 0 unspecified atom stereocenters. The number of halogens is 2. The van der Waals surface area contributed by atoms with Crippen LogP contribution in [0.25, 0.3) is 0 Å². The number of thioether (sulfide) groups is 1. The maximum atomic E-state index is 12.2. The molecule has 138 valence electrons. The van der Waals surface area contributed by atoms with E-state index in [1.54, 1.807) is 25.2 Å². The van der Waals surface area contributed by atoms with E-state index in [0.717, 1.165) is 15.1 Å². The summed E-state index contributed by atoms with van der Waals surface area (Å²) in [4.78, 5) is 26.6. The van der Waals surface area contributed by atoms with E-state index in [-0.39, 0.29) is 25.0 Å². The predicted octanol–water partition coefficient (Wildman–Crippen LogP) is 4.30. The van der Waals surface area contributed by atoms with Crippen LogP contribution in [0.3, 0.4) is 0 Å². The molecular weight excluding hydrogens is 440 g/mol. The van der Waals surface area contributed by atoms with Gasteiger partial charge in [0.2, 0.25) is 5.91 Å². The van der Waals surface area contributed by atoms with E-state index >= 15 is 0 Å². The molecule has 0 saturated heterocycles. The quantitative estimate of drug-likeness (QED) is 0.630. The highest BCUT2D eigenvalue weighted by molar-refractivity contribution is 9.10. The van der Waals surface area contributed by atoms with Crippen molar-refractivity contribution in [2.24, 2.45) is 0 Å². The van der Waals surface area contributed by atoms with Crippen molar-refractivity contribution in [1.82, 2.24) is 4.90 Å². The summed E-state index contributed by atoms with van der Waals surface area (Å²) in [6.07, 6.45) is 1.94. The van der Waals surface area contributed by atoms with Gasteiger partial charge in [-0.05, 0) is 36.6 Å². The van der Waals surface area contributed by atoms with E-state index in [1.807, 2.05) is 30.5 Å². The number of amides is 2. The molecule has 0 heterocycles. The summed E-state index contributed by atoms with van der Waals surface area (Å²) in [5.41, 5.74) is 0.726. The van der Waals surface area contributed by atoms with Gasteiger partial charge in [0.15, 0.2) is 6.61 Å². The molecule has 8 heteroatoms. The fourth-order valence-corrected chi connectivity index (χ4v) is 3.36. The zero-order chi connectivity index (χ0) is 19.1. The van der Waals surface area contributed by atoms with Crippen LogP contribution >= 0.6 is 39.3 Å². The van der Waals surface area contributed by atoms with Gasteiger partial charge in [-0.1, -0.05) is 39.7 Å². The van der Waals surface area contributed by atoms with Crippen molar-refractivity contribution in [3.8, 4) is 5.75 Å². The number of benzene rings is 2. The lowest BCUT2D eigenvalue weighted by atomic mass is 10.3. The zero-order valence-electron chi connectivity index (χ0n) is 14.3.